The third-order valence-corrected chi connectivity index (χ3v) is 5.38. The number of amides is 1. The quantitative estimate of drug-likeness (QED) is 0.424. The van der Waals surface area contributed by atoms with Crippen LogP contribution in [0, 0.1) is 11.3 Å². The van der Waals surface area contributed by atoms with Gasteiger partial charge in [-0.3, -0.25) is 4.79 Å². The zero-order valence-electron chi connectivity index (χ0n) is 18.5. The van der Waals surface area contributed by atoms with Gasteiger partial charge in [-0.05, 0) is 48.0 Å². The zero-order chi connectivity index (χ0) is 24.2. The molecule has 0 fully saturated rings. The van der Waals surface area contributed by atoms with E-state index in [1.807, 2.05) is 60.7 Å². The number of carbonyl (C=O) groups is 1. The maximum absolute atomic E-state index is 12.4. The molecule has 3 aromatic carbocycles. The van der Waals surface area contributed by atoms with Crippen molar-refractivity contribution in [2.75, 3.05) is 17.2 Å². The van der Waals surface area contributed by atoms with Crippen LogP contribution in [0.15, 0.2) is 96.8 Å². The fourth-order valence-electron chi connectivity index (χ4n) is 3.69. The number of ether oxygens (including phenoxy) is 2. The first-order valence-corrected chi connectivity index (χ1v) is 10.8. The van der Waals surface area contributed by atoms with Crippen molar-refractivity contribution in [1.82, 2.24) is 9.97 Å². The van der Waals surface area contributed by atoms with E-state index >= 15 is 0 Å². The Kier molecular flexibility index (Phi) is 5.80. The van der Waals surface area contributed by atoms with Crippen LogP contribution < -0.4 is 20.1 Å². The number of anilines is 2. The second-order valence-electron chi connectivity index (χ2n) is 7.62. The maximum Gasteiger partial charge on any atom is 0.268 e. The summed E-state index contributed by atoms with van der Waals surface area (Å²) in [6.45, 7) is 0.328. The Balaban J connectivity index is 1.40. The molecule has 8 nitrogen and oxygen atoms in total. The van der Waals surface area contributed by atoms with Crippen molar-refractivity contribution in [3.63, 3.8) is 0 Å². The topological polar surface area (TPSA) is 114 Å². The normalized spacial score (nSPS) is 12.7. The van der Waals surface area contributed by atoms with Gasteiger partial charge in [-0.1, -0.05) is 36.4 Å². The Morgan fingerprint density at radius 1 is 0.886 bits per heavy atom. The van der Waals surface area contributed by atoms with Gasteiger partial charge in [0.05, 0.1) is 5.56 Å². The highest BCUT2D eigenvalue weighted by Crippen LogP contribution is 2.37. The average Bonchev–Trinajstić information content (AvgIpc) is 3.26. The number of nitriles is 1. The molecule has 1 aliphatic rings. The van der Waals surface area contributed by atoms with Gasteiger partial charge in [-0.2, -0.15) is 5.26 Å². The number of benzene rings is 3. The fourth-order valence-corrected chi connectivity index (χ4v) is 3.69. The van der Waals surface area contributed by atoms with Gasteiger partial charge in [0.2, 0.25) is 5.88 Å². The van der Waals surface area contributed by atoms with E-state index in [0.29, 0.717) is 29.3 Å². The standard InChI is InChI=1S/C27H19N5O3/c28-16-19-13-14-32(27(19)33)20-5-4-8-23(15-20)35-26-24(25(29)30-17-31-26)18-9-11-22(12-10-18)34-21-6-2-1-3-7-21/h1-13,15,17H,14H2,(H2,29,30,31). The predicted octanol–water partition coefficient (Wildman–Crippen LogP) is 5.11. The molecule has 0 saturated carbocycles. The van der Waals surface area contributed by atoms with Crippen LogP contribution in [0.3, 0.4) is 0 Å². The van der Waals surface area contributed by atoms with Crippen LogP contribution in [-0.2, 0) is 4.79 Å². The second kappa shape index (κ2) is 9.37. The van der Waals surface area contributed by atoms with Crippen molar-refractivity contribution in [1.29, 1.82) is 5.26 Å². The first-order valence-electron chi connectivity index (χ1n) is 10.8. The minimum Gasteiger partial charge on any atom is -0.457 e. The maximum atomic E-state index is 12.4. The molecular weight excluding hydrogens is 442 g/mol. The average molecular weight is 461 g/mol. The van der Waals surface area contributed by atoms with Crippen LogP contribution in [-0.4, -0.2) is 22.4 Å². The Morgan fingerprint density at radius 3 is 2.37 bits per heavy atom. The van der Waals surface area contributed by atoms with Gasteiger partial charge < -0.3 is 20.1 Å². The summed E-state index contributed by atoms with van der Waals surface area (Å²) < 4.78 is 11.9. The molecule has 5 rings (SSSR count). The van der Waals surface area contributed by atoms with Crippen molar-refractivity contribution >= 4 is 17.4 Å². The highest BCUT2D eigenvalue weighted by atomic mass is 16.5. The molecule has 8 heteroatoms. The van der Waals surface area contributed by atoms with E-state index in [-0.39, 0.29) is 23.2 Å². The van der Waals surface area contributed by atoms with Gasteiger partial charge in [0.25, 0.3) is 5.91 Å². The van der Waals surface area contributed by atoms with Gasteiger partial charge in [0.15, 0.2) is 0 Å². The van der Waals surface area contributed by atoms with E-state index in [9.17, 15) is 4.79 Å². The van der Waals surface area contributed by atoms with E-state index in [4.69, 9.17) is 20.5 Å². The third-order valence-electron chi connectivity index (χ3n) is 5.38. The van der Waals surface area contributed by atoms with Gasteiger partial charge >= 0.3 is 0 Å². The zero-order valence-corrected chi connectivity index (χ0v) is 18.5. The number of nitrogens with two attached hydrogens (primary N) is 1. The molecule has 0 radical (unpaired) electrons. The van der Waals surface area contributed by atoms with Gasteiger partial charge in [0.1, 0.15) is 41.0 Å². The smallest absolute Gasteiger partial charge is 0.268 e. The Labute approximate surface area is 201 Å². The lowest BCUT2D eigenvalue weighted by atomic mass is 10.1. The van der Waals surface area contributed by atoms with E-state index < -0.39 is 0 Å². The summed E-state index contributed by atoms with van der Waals surface area (Å²) in [6, 6.07) is 25.8. The lowest BCUT2D eigenvalue weighted by Gasteiger charge is -2.17. The van der Waals surface area contributed by atoms with Gasteiger partial charge in [-0.15, -0.1) is 0 Å². The fraction of sp³-hybridized carbons (Fsp3) is 0.0370. The van der Waals surface area contributed by atoms with E-state index in [1.165, 1.54) is 11.2 Å². The molecule has 2 N–H and O–H groups in total. The van der Waals surface area contributed by atoms with Crippen molar-refractivity contribution in [2.24, 2.45) is 0 Å². The van der Waals surface area contributed by atoms with Crippen LogP contribution in [0.2, 0.25) is 0 Å². The summed E-state index contributed by atoms with van der Waals surface area (Å²) in [7, 11) is 0. The van der Waals surface area contributed by atoms with Crippen LogP contribution in [0.1, 0.15) is 0 Å². The Bertz CT molecular complexity index is 1460. The SMILES string of the molecule is N#CC1=CCN(c2cccc(Oc3ncnc(N)c3-c3ccc(Oc4ccccc4)cc3)c2)C1=O. The third kappa shape index (κ3) is 4.51. The summed E-state index contributed by atoms with van der Waals surface area (Å²) >= 11 is 0. The summed E-state index contributed by atoms with van der Waals surface area (Å²) in [6.07, 6.45) is 2.93. The minimum atomic E-state index is -0.338. The van der Waals surface area contributed by atoms with E-state index in [2.05, 4.69) is 9.97 Å². The number of nitrogen functional groups attached to an aromatic ring is 1. The molecule has 0 bridgehead atoms. The molecular formula is C27H19N5O3. The Hall–Kier alpha value is -5.16. The number of carbonyl (C=O) groups excluding carboxylic acids is 1. The van der Waals surface area contributed by atoms with E-state index in [1.54, 1.807) is 30.3 Å². The molecule has 1 amide bonds. The lowest BCUT2D eigenvalue weighted by Crippen LogP contribution is -2.26. The van der Waals surface area contributed by atoms with Crippen molar-refractivity contribution in [3.8, 4) is 40.3 Å². The second-order valence-corrected chi connectivity index (χ2v) is 7.62. The van der Waals surface area contributed by atoms with Crippen LogP contribution in [0.25, 0.3) is 11.1 Å². The molecule has 0 aliphatic carbocycles. The van der Waals surface area contributed by atoms with Gasteiger partial charge in [-0.25, -0.2) is 9.97 Å². The highest BCUT2D eigenvalue weighted by molar-refractivity contribution is 6.11. The number of aromatic nitrogens is 2. The molecule has 170 valence electrons. The Morgan fingerprint density at radius 2 is 1.63 bits per heavy atom. The first-order chi connectivity index (χ1) is 17.1. The van der Waals surface area contributed by atoms with Crippen molar-refractivity contribution in [2.45, 2.75) is 0 Å². The molecule has 0 unspecified atom stereocenters. The summed E-state index contributed by atoms with van der Waals surface area (Å²) in [5.41, 5.74) is 8.23. The van der Waals surface area contributed by atoms with E-state index in [0.717, 1.165) is 11.3 Å². The van der Waals surface area contributed by atoms with Crippen LogP contribution in [0.4, 0.5) is 11.5 Å². The first kappa shape index (κ1) is 21.7. The van der Waals surface area contributed by atoms with Crippen molar-refractivity contribution in [3.05, 3.63) is 96.8 Å². The van der Waals surface area contributed by atoms with Crippen molar-refractivity contribution < 1.29 is 14.3 Å². The highest BCUT2D eigenvalue weighted by Gasteiger charge is 2.25. The number of hydrogen-bond donors (Lipinski definition) is 1. The molecule has 2 heterocycles. The number of rotatable bonds is 6. The molecule has 0 spiro atoms. The minimum absolute atomic E-state index is 0.127. The number of para-hydroxylation sites is 1. The molecule has 1 aliphatic heterocycles. The molecule has 35 heavy (non-hydrogen) atoms. The largest absolute Gasteiger partial charge is 0.457 e. The summed E-state index contributed by atoms with van der Waals surface area (Å²) in [4.78, 5) is 22.3. The predicted molar refractivity (Wildman–Crippen MR) is 131 cm³/mol. The summed E-state index contributed by atoms with van der Waals surface area (Å²) in [5, 5.41) is 9.08. The van der Waals surface area contributed by atoms with Crippen LogP contribution in [0.5, 0.6) is 23.1 Å². The lowest BCUT2D eigenvalue weighted by molar-refractivity contribution is -0.114. The monoisotopic (exact) mass is 461 g/mol. The molecule has 4 aromatic rings. The number of nitrogens with zero attached hydrogens (tertiary/aromatic N) is 4. The summed E-state index contributed by atoms with van der Waals surface area (Å²) in [5.74, 6) is 2.07. The molecule has 0 atom stereocenters. The number of hydrogen-bond acceptors (Lipinski definition) is 7. The molecule has 1 aromatic heterocycles. The van der Waals surface area contributed by atoms with Gasteiger partial charge in [0, 0.05) is 18.3 Å². The molecule has 0 saturated heterocycles. The van der Waals surface area contributed by atoms with Crippen LogP contribution >= 0.6 is 0 Å².